The van der Waals surface area contributed by atoms with Gasteiger partial charge in [-0.15, -0.1) is 0 Å². The minimum atomic E-state index is 0.344. The van der Waals surface area contributed by atoms with Crippen LogP contribution in [-0.4, -0.2) is 21.0 Å². The highest BCUT2D eigenvalue weighted by molar-refractivity contribution is 5.83. The summed E-state index contributed by atoms with van der Waals surface area (Å²) >= 11 is 0. The Morgan fingerprint density at radius 3 is 2.77 bits per heavy atom. The Bertz CT molecular complexity index is 1020. The lowest BCUT2D eigenvalue weighted by Gasteiger charge is -2.35. The molecule has 4 heteroatoms. The molecule has 0 radical (unpaired) electrons. The van der Waals surface area contributed by atoms with Crippen molar-refractivity contribution in [2.75, 3.05) is 0 Å². The molecule has 2 aromatic carbocycles. The fourth-order valence-electron chi connectivity index (χ4n) is 4.23. The number of benzene rings is 2. The Hall–Kier alpha value is -2.72. The highest BCUT2D eigenvalue weighted by atomic mass is 15.0. The number of aromatic nitrogens is 3. The molecule has 0 saturated carbocycles. The van der Waals surface area contributed by atoms with Gasteiger partial charge < -0.3 is 10.3 Å². The monoisotopic (exact) mass is 342 g/mol. The Labute approximate surface area is 153 Å². The van der Waals surface area contributed by atoms with E-state index in [1.807, 2.05) is 18.5 Å². The van der Waals surface area contributed by atoms with Crippen LogP contribution < -0.4 is 5.32 Å². The number of hydrogen-bond donors (Lipinski definition) is 2. The van der Waals surface area contributed by atoms with Gasteiger partial charge in [-0.25, -0.2) is 4.98 Å². The Morgan fingerprint density at radius 2 is 1.85 bits per heavy atom. The number of aromatic amines is 1. The van der Waals surface area contributed by atoms with Gasteiger partial charge in [0.15, 0.2) is 0 Å². The summed E-state index contributed by atoms with van der Waals surface area (Å²) in [5.74, 6) is 1.49. The molecule has 2 aromatic rings. The number of nitrogens with zero attached hydrogens (tertiary/aromatic N) is 2. The largest absolute Gasteiger partial charge is 0.342 e. The highest BCUT2D eigenvalue weighted by Crippen LogP contribution is 2.36. The van der Waals surface area contributed by atoms with Crippen molar-refractivity contribution in [3.63, 3.8) is 0 Å². The Morgan fingerprint density at radius 1 is 0.962 bits per heavy atom. The van der Waals surface area contributed by atoms with E-state index in [1.165, 1.54) is 16.3 Å². The van der Waals surface area contributed by atoms with Crippen LogP contribution in [-0.2, 0) is 0 Å². The first kappa shape index (κ1) is 15.5. The molecule has 3 atom stereocenters. The van der Waals surface area contributed by atoms with Crippen LogP contribution in [0, 0.1) is 0 Å². The van der Waals surface area contributed by atoms with Gasteiger partial charge in [-0.1, -0.05) is 36.4 Å². The van der Waals surface area contributed by atoms with Gasteiger partial charge in [0.1, 0.15) is 11.5 Å². The van der Waals surface area contributed by atoms with E-state index in [2.05, 4.69) is 69.7 Å². The van der Waals surface area contributed by atoms with Crippen molar-refractivity contribution in [1.82, 2.24) is 20.3 Å². The topological polar surface area (TPSA) is 53.6 Å². The molecule has 0 amide bonds. The summed E-state index contributed by atoms with van der Waals surface area (Å²) in [5.41, 5.74) is 3.36. The van der Waals surface area contributed by atoms with Crippen LogP contribution in [0.25, 0.3) is 22.2 Å². The van der Waals surface area contributed by atoms with Crippen molar-refractivity contribution >= 4 is 10.8 Å². The maximum atomic E-state index is 4.67. The molecular weight excluding hydrogens is 320 g/mol. The number of piperidine rings is 1. The van der Waals surface area contributed by atoms with E-state index >= 15 is 0 Å². The lowest BCUT2D eigenvalue weighted by Crippen LogP contribution is -2.38. The third kappa shape index (κ3) is 2.76. The second-order valence-corrected chi connectivity index (χ2v) is 7.41. The molecule has 1 fully saturated rings. The van der Waals surface area contributed by atoms with E-state index in [0.717, 1.165) is 30.1 Å². The SMILES string of the molecule is CC1CC(c2ncc3nccc-3[nH]2)CC(c2ccc3ccccc3c2)N1. The molecule has 3 unspecified atom stereocenters. The van der Waals surface area contributed by atoms with Crippen molar-refractivity contribution in [3.05, 3.63) is 72.3 Å². The van der Waals surface area contributed by atoms with Crippen LogP contribution in [0.4, 0.5) is 0 Å². The van der Waals surface area contributed by atoms with E-state index in [-0.39, 0.29) is 0 Å². The molecule has 3 aliphatic rings. The predicted molar refractivity (Wildman–Crippen MR) is 104 cm³/mol. The molecule has 3 heterocycles. The molecule has 2 N–H and O–H groups in total. The number of fused-ring (bicyclic) bond motifs is 2. The van der Waals surface area contributed by atoms with Gasteiger partial charge in [-0.2, -0.15) is 0 Å². The second-order valence-electron chi connectivity index (χ2n) is 7.41. The van der Waals surface area contributed by atoms with Gasteiger partial charge >= 0.3 is 0 Å². The van der Waals surface area contributed by atoms with Gasteiger partial charge in [-0.05, 0) is 48.2 Å². The molecule has 0 spiro atoms. The van der Waals surface area contributed by atoms with Crippen LogP contribution in [0.15, 0.2) is 60.9 Å². The number of H-pyrrole nitrogens is 1. The Balaban J connectivity index is 1.47. The summed E-state index contributed by atoms with van der Waals surface area (Å²) in [6.07, 6.45) is 5.85. The van der Waals surface area contributed by atoms with Crippen LogP contribution in [0.3, 0.4) is 0 Å². The van der Waals surface area contributed by atoms with Gasteiger partial charge in [0.05, 0.1) is 11.9 Å². The zero-order valence-electron chi connectivity index (χ0n) is 14.8. The fraction of sp³-hybridized carbons (Fsp3) is 0.273. The average Bonchev–Trinajstić information content (AvgIpc) is 3.15. The first-order valence-corrected chi connectivity index (χ1v) is 9.30. The first-order valence-electron chi connectivity index (χ1n) is 9.30. The predicted octanol–water partition coefficient (Wildman–Crippen LogP) is 4.66. The van der Waals surface area contributed by atoms with Gasteiger partial charge in [0.25, 0.3) is 0 Å². The fourth-order valence-corrected chi connectivity index (χ4v) is 4.23. The quantitative estimate of drug-likeness (QED) is 0.557. The number of rotatable bonds is 2. The normalized spacial score (nSPS) is 23.5. The van der Waals surface area contributed by atoms with Crippen molar-refractivity contribution in [2.45, 2.75) is 37.8 Å². The summed E-state index contributed by atoms with van der Waals surface area (Å²) < 4.78 is 0. The minimum Gasteiger partial charge on any atom is -0.342 e. The highest BCUT2D eigenvalue weighted by Gasteiger charge is 2.29. The average molecular weight is 342 g/mol. The lowest BCUT2D eigenvalue weighted by molar-refractivity contribution is 0.300. The van der Waals surface area contributed by atoms with E-state index in [4.69, 9.17) is 0 Å². The third-order valence-corrected chi connectivity index (χ3v) is 5.53. The molecule has 5 rings (SSSR count). The Kier molecular flexibility index (Phi) is 3.71. The zero-order valence-corrected chi connectivity index (χ0v) is 14.8. The molecule has 130 valence electrons. The molecule has 4 nitrogen and oxygen atoms in total. The minimum absolute atomic E-state index is 0.344. The van der Waals surface area contributed by atoms with E-state index < -0.39 is 0 Å². The molecule has 3 aliphatic heterocycles. The van der Waals surface area contributed by atoms with Crippen molar-refractivity contribution in [3.8, 4) is 11.4 Å². The second kappa shape index (κ2) is 6.22. The van der Waals surface area contributed by atoms with E-state index in [0.29, 0.717) is 18.0 Å². The molecular formula is C22H22N4. The lowest BCUT2D eigenvalue weighted by atomic mass is 9.84. The van der Waals surface area contributed by atoms with Crippen molar-refractivity contribution in [1.29, 1.82) is 0 Å². The first-order chi connectivity index (χ1) is 12.8. The van der Waals surface area contributed by atoms with Gasteiger partial charge in [0.2, 0.25) is 0 Å². The van der Waals surface area contributed by atoms with Crippen molar-refractivity contribution < 1.29 is 0 Å². The summed E-state index contributed by atoms with van der Waals surface area (Å²) in [7, 11) is 0. The number of nitrogens with one attached hydrogen (secondary N) is 2. The van der Waals surface area contributed by atoms with Crippen LogP contribution in [0.1, 0.15) is 43.1 Å². The molecule has 0 aliphatic carbocycles. The summed E-state index contributed by atoms with van der Waals surface area (Å²) in [6.45, 7) is 2.27. The van der Waals surface area contributed by atoms with Crippen LogP contribution in [0.5, 0.6) is 0 Å². The van der Waals surface area contributed by atoms with E-state index in [9.17, 15) is 0 Å². The maximum Gasteiger partial charge on any atom is 0.109 e. The number of hydrogen-bond acceptors (Lipinski definition) is 3. The van der Waals surface area contributed by atoms with Crippen LogP contribution >= 0.6 is 0 Å². The molecule has 26 heavy (non-hydrogen) atoms. The summed E-state index contributed by atoms with van der Waals surface area (Å²) in [5, 5.41) is 6.37. The van der Waals surface area contributed by atoms with E-state index in [1.54, 1.807) is 0 Å². The molecule has 0 aromatic heterocycles. The smallest absolute Gasteiger partial charge is 0.109 e. The molecule has 0 bridgehead atoms. The summed E-state index contributed by atoms with van der Waals surface area (Å²) in [6, 6.07) is 18.2. The third-order valence-electron chi connectivity index (χ3n) is 5.53. The standard InChI is InChI=1S/C22H22N4/c1-14-10-18(22-24-13-21-19(26-22)8-9-23-21)12-20(25-14)17-7-6-15-4-2-3-5-16(15)11-17/h2-9,11,13-14,18,20,25H,10,12H2,1H3,(H,24,26). The zero-order chi connectivity index (χ0) is 17.5. The van der Waals surface area contributed by atoms with Crippen molar-refractivity contribution in [2.24, 2.45) is 0 Å². The molecule has 1 saturated heterocycles. The maximum absolute atomic E-state index is 4.67. The van der Waals surface area contributed by atoms with Gasteiger partial charge in [0, 0.05) is 24.2 Å². The van der Waals surface area contributed by atoms with Gasteiger partial charge in [-0.3, -0.25) is 4.98 Å². The summed E-state index contributed by atoms with van der Waals surface area (Å²) in [4.78, 5) is 12.5. The van der Waals surface area contributed by atoms with Crippen LogP contribution in [0.2, 0.25) is 0 Å².